The lowest BCUT2D eigenvalue weighted by atomic mass is 9.69. The third-order valence-electron chi connectivity index (χ3n) is 7.05. The fourth-order valence-corrected chi connectivity index (χ4v) is 5.31. The number of halogens is 2. The van der Waals surface area contributed by atoms with Gasteiger partial charge in [0.05, 0.1) is 6.67 Å². The third-order valence-corrected chi connectivity index (χ3v) is 7.05. The first-order valence-electron chi connectivity index (χ1n) is 11.7. The van der Waals surface area contributed by atoms with Gasteiger partial charge >= 0.3 is 0 Å². The lowest BCUT2D eigenvalue weighted by Gasteiger charge is -2.37. The van der Waals surface area contributed by atoms with Gasteiger partial charge in [0.1, 0.15) is 23.9 Å². The number of rotatable bonds is 7. The van der Waals surface area contributed by atoms with Crippen molar-refractivity contribution in [2.45, 2.75) is 24.7 Å². The zero-order valence-electron chi connectivity index (χ0n) is 18.6. The van der Waals surface area contributed by atoms with Crippen LogP contribution in [0, 0.1) is 11.7 Å². The van der Waals surface area contributed by atoms with Crippen LogP contribution in [0.15, 0.2) is 66.7 Å². The molecule has 2 atom stereocenters. The van der Waals surface area contributed by atoms with Crippen molar-refractivity contribution in [2.24, 2.45) is 5.92 Å². The summed E-state index contributed by atoms with van der Waals surface area (Å²) in [4.78, 5) is 2.21. The van der Waals surface area contributed by atoms with Crippen molar-refractivity contribution in [3.05, 3.63) is 94.8 Å². The SMILES string of the molecule is Oc1ccc2c(c1)CC[C@H](c1ccc(F)cc1)[C@@H]2c1ccc(OCCN2CC(CF)C2)cc1. The van der Waals surface area contributed by atoms with Gasteiger partial charge < -0.3 is 9.84 Å². The minimum atomic E-state index is -0.234. The molecule has 5 heteroatoms. The number of nitrogens with zero attached hydrogens (tertiary/aromatic N) is 1. The van der Waals surface area contributed by atoms with Crippen LogP contribution in [-0.2, 0) is 6.42 Å². The van der Waals surface area contributed by atoms with E-state index in [9.17, 15) is 13.9 Å². The van der Waals surface area contributed by atoms with Crippen LogP contribution in [0.5, 0.6) is 11.5 Å². The maximum atomic E-state index is 13.6. The second kappa shape index (κ2) is 9.52. The number of alkyl halides is 1. The zero-order chi connectivity index (χ0) is 22.8. The predicted octanol–water partition coefficient (Wildman–Crippen LogP) is 5.67. The largest absolute Gasteiger partial charge is 0.508 e. The Hall–Kier alpha value is -2.92. The zero-order valence-corrected chi connectivity index (χ0v) is 18.6. The summed E-state index contributed by atoms with van der Waals surface area (Å²) in [6.07, 6.45) is 1.81. The van der Waals surface area contributed by atoms with Gasteiger partial charge in [0.15, 0.2) is 0 Å². The standard InChI is InChI=1S/C28H29F2NO2/c29-16-19-17-31(18-19)13-14-33-25-9-3-21(4-10-25)28-26(20-1-6-23(30)7-2-20)11-5-22-15-24(32)8-12-27(22)28/h1-4,6-10,12,15,19,26,28,32H,5,11,13-14,16-18H2/t26-,28+/m1/s1. The summed E-state index contributed by atoms with van der Waals surface area (Å²) in [5, 5.41) is 9.99. The van der Waals surface area contributed by atoms with Crippen molar-refractivity contribution in [3.8, 4) is 11.5 Å². The van der Waals surface area contributed by atoms with E-state index in [1.165, 1.54) is 28.8 Å². The third kappa shape index (κ3) is 4.74. The summed E-state index contributed by atoms with van der Waals surface area (Å²) in [5.41, 5.74) is 4.68. The van der Waals surface area contributed by atoms with Gasteiger partial charge in [-0.15, -0.1) is 0 Å². The van der Waals surface area contributed by atoms with E-state index in [0.717, 1.165) is 43.8 Å². The summed E-state index contributed by atoms with van der Waals surface area (Å²) in [6, 6.07) is 20.7. The molecule has 172 valence electrons. The summed E-state index contributed by atoms with van der Waals surface area (Å²) in [7, 11) is 0. The van der Waals surface area contributed by atoms with Gasteiger partial charge in [-0.1, -0.05) is 30.3 Å². The van der Waals surface area contributed by atoms with Gasteiger partial charge in [-0.3, -0.25) is 9.29 Å². The summed E-state index contributed by atoms with van der Waals surface area (Å²) >= 11 is 0. The fraction of sp³-hybridized carbons (Fsp3) is 0.357. The smallest absolute Gasteiger partial charge is 0.123 e. The van der Waals surface area contributed by atoms with Crippen LogP contribution in [0.3, 0.4) is 0 Å². The van der Waals surface area contributed by atoms with E-state index in [0.29, 0.717) is 6.61 Å². The highest BCUT2D eigenvalue weighted by atomic mass is 19.1. The van der Waals surface area contributed by atoms with E-state index in [2.05, 4.69) is 17.0 Å². The number of phenolic OH excluding ortho intramolecular Hbond substituents is 1. The molecule has 1 heterocycles. The average Bonchev–Trinajstić information content (AvgIpc) is 2.81. The number of hydrogen-bond acceptors (Lipinski definition) is 3. The molecule has 5 rings (SSSR count). The Bertz CT molecular complexity index is 1080. The molecule has 3 aromatic rings. The number of benzene rings is 3. The summed E-state index contributed by atoms with van der Waals surface area (Å²) in [6.45, 7) is 2.80. The summed E-state index contributed by atoms with van der Waals surface area (Å²) < 4.78 is 32.0. The highest BCUT2D eigenvalue weighted by Gasteiger charge is 2.32. The minimum Gasteiger partial charge on any atom is -0.508 e. The number of aromatic hydroxyl groups is 1. The van der Waals surface area contributed by atoms with Gasteiger partial charge in [0.25, 0.3) is 0 Å². The first-order valence-corrected chi connectivity index (χ1v) is 11.7. The molecule has 0 aromatic heterocycles. The minimum absolute atomic E-state index is 0.118. The molecule has 0 spiro atoms. The normalized spacial score (nSPS) is 20.8. The Morgan fingerprint density at radius 1 is 0.939 bits per heavy atom. The topological polar surface area (TPSA) is 32.7 Å². The van der Waals surface area contributed by atoms with Crippen molar-refractivity contribution in [1.82, 2.24) is 4.90 Å². The average molecular weight is 450 g/mol. The van der Waals surface area contributed by atoms with Crippen LogP contribution >= 0.6 is 0 Å². The molecule has 0 radical (unpaired) electrons. The van der Waals surface area contributed by atoms with Gasteiger partial charge in [0.2, 0.25) is 0 Å². The first kappa shape index (κ1) is 21.9. The molecule has 3 nitrogen and oxygen atoms in total. The maximum Gasteiger partial charge on any atom is 0.123 e. The second-order valence-corrected chi connectivity index (χ2v) is 9.25. The molecule has 1 fully saturated rings. The Kier molecular flexibility index (Phi) is 6.32. The second-order valence-electron chi connectivity index (χ2n) is 9.25. The first-order chi connectivity index (χ1) is 16.1. The van der Waals surface area contributed by atoms with Crippen molar-refractivity contribution in [3.63, 3.8) is 0 Å². The quantitative estimate of drug-likeness (QED) is 0.504. The van der Waals surface area contributed by atoms with E-state index < -0.39 is 0 Å². The lowest BCUT2D eigenvalue weighted by molar-refractivity contribution is 0.0668. The van der Waals surface area contributed by atoms with Gasteiger partial charge in [-0.05, 0) is 77.4 Å². The molecule has 0 amide bonds. The molecule has 1 aliphatic carbocycles. The molecule has 1 N–H and O–H groups in total. The Morgan fingerprint density at radius 3 is 2.39 bits per heavy atom. The number of ether oxygens (including phenoxy) is 1. The van der Waals surface area contributed by atoms with E-state index in [1.807, 2.05) is 36.4 Å². The monoisotopic (exact) mass is 449 g/mol. The van der Waals surface area contributed by atoms with Gasteiger partial charge in [0, 0.05) is 31.5 Å². The van der Waals surface area contributed by atoms with Gasteiger partial charge in [-0.25, -0.2) is 4.39 Å². The van der Waals surface area contributed by atoms with Crippen LogP contribution in [0.25, 0.3) is 0 Å². The van der Waals surface area contributed by atoms with Crippen molar-refractivity contribution < 1.29 is 18.6 Å². The van der Waals surface area contributed by atoms with E-state index in [1.54, 1.807) is 6.07 Å². The Balaban J connectivity index is 1.34. The number of likely N-dealkylation sites (tertiary alicyclic amines) is 1. The van der Waals surface area contributed by atoms with Crippen LogP contribution in [-0.4, -0.2) is 42.9 Å². The van der Waals surface area contributed by atoms with E-state index in [4.69, 9.17) is 4.74 Å². The highest BCUT2D eigenvalue weighted by molar-refractivity contribution is 5.48. The van der Waals surface area contributed by atoms with E-state index >= 15 is 0 Å². The highest BCUT2D eigenvalue weighted by Crippen LogP contribution is 2.47. The number of phenols is 1. The Labute approximate surface area is 193 Å². The lowest BCUT2D eigenvalue weighted by Crippen LogP contribution is -2.49. The van der Waals surface area contributed by atoms with Crippen molar-refractivity contribution in [2.75, 3.05) is 32.9 Å². The molecule has 33 heavy (non-hydrogen) atoms. The molecular weight excluding hydrogens is 420 g/mol. The number of aryl methyl sites for hydroxylation is 1. The number of hydrogen-bond donors (Lipinski definition) is 1. The van der Waals surface area contributed by atoms with Gasteiger partial charge in [-0.2, -0.15) is 0 Å². The van der Waals surface area contributed by atoms with Crippen molar-refractivity contribution in [1.29, 1.82) is 0 Å². The van der Waals surface area contributed by atoms with Crippen LogP contribution in [0.4, 0.5) is 8.78 Å². The molecule has 0 unspecified atom stereocenters. The van der Waals surface area contributed by atoms with Crippen LogP contribution < -0.4 is 4.74 Å². The van der Waals surface area contributed by atoms with Crippen molar-refractivity contribution >= 4 is 0 Å². The molecule has 1 saturated heterocycles. The molecular formula is C28H29F2NO2. The molecule has 2 aliphatic rings. The summed E-state index contributed by atoms with van der Waals surface area (Å²) in [5.74, 6) is 1.42. The predicted molar refractivity (Wildman–Crippen MR) is 125 cm³/mol. The Morgan fingerprint density at radius 2 is 1.67 bits per heavy atom. The van der Waals surface area contributed by atoms with Crippen LogP contribution in [0.1, 0.15) is 40.5 Å². The fourth-order valence-electron chi connectivity index (χ4n) is 5.31. The molecule has 0 bridgehead atoms. The molecule has 3 aromatic carbocycles. The number of fused-ring (bicyclic) bond motifs is 1. The molecule has 0 saturated carbocycles. The maximum absolute atomic E-state index is 13.6. The van der Waals surface area contributed by atoms with E-state index in [-0.39, 0.29) is 36.0 Å². The molecule has 1 aliphatic heterocycles. The van der Waals surface area contributed by atoms with Crippen LogP contribution in [0.2, 0.25) is 0 Å².